The minimum atomic E-state index is -1.22. The molecule has 6 nitrogen and oxygen atoms in total. The molecule has 4 atom stereocenters. The van der Waals surface area contributed by atoms with Crippen molar-refractivity contribution in [1.82, 2.24) is 4.90 Å². The van der Waals surface area contributed by atoms with E-state index in [1.165, 1.54) is 0 Å². The average molecular weight is 434 g/mol. The number of carbonyl (C=O) groups is 1. The van der Waals surface area contributed by atoms with Crippen molar-refractivity contribution in [3.63, 3.8) is 0 Å². The van der Waals surface area contributed by atoms with Crippen LogP contribution in [0.25, 0.3) is 0 Å². The lowest BCUT2D eigenvalue weighted by molar-refractivity contribution is -0.195. The third-order valence-electron chi connectivity index (χ3n) is 5.80. The smallest absolute Gasteiger partial charge is 0.254 e. The van der Waals surface area contributed by atoms with E-state index in [0.717, 1.165) is 11.1 Å². The highest BCUT2D eigenvalue weighted by atomic mass is 16.5. The Balaban J connectivity index is 1.53. The Morgan fingerprint density at radius 3 is 2.06 bits per heavy atom. The highest BCUT2D eigenvalue weighted by Gasteiger charge is 2.53. The van der Waals surface area contributed by atoms with E-state index in [1.54, 1.807) is 36.3 Å². The molecule has 0 aromatic heterocycles. The van der Waals surface area contributed by atoms with Gasteiger partial charge >= 0.3 is 0 Å². The van der Waals surface area contributed by atoms with Gasteiger partial charge in [0.2, 0.25) is 0 Å². The molecule has 3 aromatic rings. The van der Waals surface area contributed by atoms with Crippen LogP contribution in [0.1, 0.15) is 22.8 Å². The number of hydrogen-bond acceptors (Lipinski definition) is 5. The third-order valence-corrected chi connectivity index (χ3v) is 5.80. The van der Waals surface area contributed by atoms with Crippen molar-refractivity contribution in [1.29, 1.82) is 0 Å². The molecular formula is C26H27NO5. The molecule has 0 bridgehead atoms. The first-order valence-corrected chi connectivity index (χ1v) is 10.6. The third kappa shape index (κ3) is 4.67. The first-order chi connectivity index (χ1) is 15.6. The van der Waals surface area contributed by atoms with Crippen LogP contribution < -0.4 is 4.74 Å². The van der Waals surface area contributed by atoms with Gasteiger partial charge in [0.25, 0.3) is 5.91 Å². The number of likely N-dealkylation sites (tertiary alicyclic amines) is 1. The highest BCUT2D eigenvalue weighted by Crippen LogP contribution is 2.34. The summed E-state index contributed by atoms with van der Waals surface area (Å²) in [6, 6.07) is 25.3. The summed E-state index contributed by atoms with van der Waals surface area (Å²) in [6.07, 6.45) is -3.23. The fourth-order valence-corrected chi connectivity index (χ4v) is 3.98. The van der Waals surface area contributed by atoms with Gasteiger partial charge < -0.3 is 24.6 Å². The minimum absolute atomic E-state index is 0.198. The molecule has 0 spiro atoms. The molecule has 6 heteroatoms. The van der Waals surface area contributed by atoms with Crippen molar-refractivity contribution in [2.45, 2.75) is 37.5 Å². The van der Waals surface area contributed by atoms with Crippen molar-refractivity contribution >= 4 is 5.91 Å². The molecule has 1 amide bonds. The van der Waals surface area contributed by atoms with Gasteiger partial charge in [-0.2, -0.15) is 0 Å². The van der Waals surface area contributed by atoms with Gasteiger partial charge in [0.1, 0.15) is 18.0 Å². The van der Waals surface area contributed by atoms with Crippen LogP contribution in [-0.4, -0.2) is 46.4 Å². The molecule has 32 heavy (non-hydrogen) atoms. The maximum Gasteiger partial charge on any atom is 0.254 e. The second-order valence-electron chi connectivity index (χ2n) is 7.87. The monoisotopic (exact) mass is 433 g/mol. The molecular weight excluding hydrogens is 406 g/mol. The quantitative estimate of drug-likeness (QED) is 0.507. The Morgan fingerprint density at radius 2 is 1.47 bits per heavy atom. The molecule has 0 unspecified atom stereocenters. The number of β-lactam (4-membered cyclic amide) rings is 1. The van der Waals surface area contributed by atoms with Gasteiger partial charge in [-0.1, -0.05) is 72.8 Å². The van der Waals surface area contributed by atoms with E-state index in [0.29, 0.717) is 17.9 Å². The van der Waals surface area contributed by atoms with Crippen LogP contribution in [0.2, 0.25) is 0 Å². The molecule has 1 saturated heterocycles. The fraction of sp³-hybridized carbons (Fsp3) is 0.269. The molecule has 0 saturated carbocycles. The number of rotatable bonds is 9. The SMILES string of the molecule is COc1ccc([C@@H](O)[C@H](O)[C@H]2[C@@H](OCc3ccccc3)C(=O)N2Cc2ccccc2)cc1. The van der Waals surface area contributed by atoms with E-state index in [2.05, 4.69) is 0 Å². The van der Waals surface area contributed by atoms with Crippen LogP contribution in [0.15, 0.2) is 84.9 Å². The molecule has 1 aliphatic rings. The average Bonchev–Trinajstić information content (AvgIpc) is 2.85. The van der Waals surface area contributed by atoms with Crippen LogP contribution in [0.4, 0.5) is 0 Å². The van der Waals surface area contributed by atoms with Crippen LogP contribution in [0.5, 0.6) is 5.75 Å². The van der Waals surface area contributed by atoms with Crippen molar-refractivity contribution < 1.29 is 24.5 Å². The number of benzene rings is 3. The van der Waals surface area contributed by atoms with Gasteiger partial charge in [-0.15, -0.1) is 0 Å². The summed E-state index contributed by atoms with van der Waals surface area (Å²) >= 11 is 0. The number of hydrogen-bond donors (Lipinski definition) is 2. The molecule has 3 aromatic carbocycles. The maximum atomic E-state index is 12.9. The molecule has 2 N–H and O–H groups in total. The summed E-state index contributed by atoms with van der Waals surface area (Å²) in [4.78, 5) is 14.5. The van der Waals surface area contributed by atoms with E-state index in [4.69, 9.17) is 9.47 Å². The molecule has 1 aliphatic heterocycles. The predicted octanol–water partition coefficient (Wildman–Crippen LogP) is 3.09. The highest BCUT2D eigenvalue weighted by molar-refractivity contribution is 5.88. The molecule has 1 heterocycles. The van der Waals surface area contributed by atoms with E-state index < -0.39 is 24.4 Å². The Morgan fingerprint density at radius 1 is 0.875 bits per heavy atom. The van der Waals surface area contributed by atoms with Crippen LogP contribution in [-0.2, 0) is 22.7 Å². The molecule has 166 valence electrons. The lowest BCUT2D eigenvalue weighted by Crippen LogP contribution is -2.70. The summed E-state index contributed by atoms with van der Waals surface area (Å²) in [7, 11) is 1.57. The van der Waals surface area contributed by atoms with E-state index >= 15 is 0 Å². The number of amides is 1. The Labute approximate surface area is 187 Å². The summed E-state index contributed by atoms with van der Waals surface area (Å²) in [5, 5.41) is 22.0. The standard InChI is InChI=1S/C26H27NO5/c1-31-21-14-12-20(13-15-21)23(28)24(29)22-25(32-17-19-10-6-3-7-11-19)26(30)27(22)16-18-8-4-2-5-9-18/h2-15,22-25,28-29H,16-17H2,1H3/t22-,23+,24+,25+/m0/s1. The van der Waals surface area contributed by atoms with E-state index in [1.807, 2.05) is 60.7 Å². The van der Waals surface area contributed by atoms with Gasteiger partial charge in [0.15, 0.2) is 6.10 Å². The fourth-order valence-electron chi connectivity index (χ4n) is 3.98. The van der Waals surface area contributed by atoms with Gasteiger partial charge in [0, 0.05) is 6.54 Å². The lowest BCUT2D eigenvalue weighted by Gasteiger charge is -2.49. The normalized spacial score (nSPS) is 19.8. The second kappa shape index (κ2) is 9.96. The zero-order valence-electron chi connectivity index (χ0n) is 17.9. The summed E-state index contributed by atoms with van der Waals surface area (Å²) in [5.74, 6) is 0.458. The van der Waals surface area contributed by atoms with Crippen LogP contribution in [0.3, 0.4) is 0 Å². The largest absolute Gasteiger partial charge is 0.497 e. The first-order valence-electron chi connectivity index (χ1n) is 10.6. The number of aliphatic hydroxyl groups is 2. The zero-order valence-corrected chi connectivity index (χ0v) is 17.9. The van der Waals surface area contributed by atoms with Crippen molar-refractivity contribution in [3.8, 4) is 5.75 Å². The lowest BCUT2D eigenvalue weighted by atomic mass is 9.86. The number of ether oxygens (including phenoxy) is 2. The van der Waals surface area contributed by atoms with Gasteiger partial charge in [0.05, 0.1) is 19.8 Å². The van der Waals surface area contributed by atoms with Crippen molar-refractivity contribution in [2.75, 3.05) is 7.11 Å². The summed E-state index contributed by atoms with van der Waals surface area (Å²) in [6.45, 7) is 0.584. The molecule has 1 fully saturated rings. The second-order valence-corrected chi connectivity index (χ2v) is 7.87. The number of aliphatic hydroxyl groups excluding tert-OH is 2. The predicted molar refractivity (Wildman–Crippen MR) is 120 cm³/mol. The molecule has 0 aliphatic carbocycles. The summed E-state index contributed by atoms with van der Waals surface area (Å²) in [5.41, 5.74) is 2.42. The van der Waals surface area contributed by atoms with E-state index in [9.17, 15) is 15.0 Å². The van der Waals surface area contributed by atoms with Crippen LogP contribution >= 0.6 is 0 Å². The zero-order chi connectivity index (χ0) is 22.5. The van der Waals surface area contributed by atoms with Crippen molar-refractivity contribution in [3.05, 3.63) is 102 Å². The maximum absolute atomic E-state index is 12.9. The van der Waals surface area contributed by atoms with Crippen LogP contribution in [0, 0.1) is 0 Å². The van der Waals surface area contributed by atoms with Gasteiger partial charge in [-0.25, -0.2) is 0 Å². The number of methoxy groups -OCH3 is 1. The Kier molecular flexibility index (Phi) is 6.85. The van der Waals surface area contributed by atoms with E-state index in [-0.39, 0.29) is 12.5 Å². The topological polar surface area (TPSA) is 79.2 Å². The number of nitrogens with zero attached hydrogens (tertiary/aromatic N) is 1. The van der Waals surface area contributed by atoms with Crippen molar-refractivity contribution in [2.24, 2.45) is 0 Å². The summed E-state index contributed by atoms with van der Waals surface area (Å²) < 4.78 is 11.1. The van der Waals surface area contributed by atoms with Gasteiger partial charge in [-0.3, -0.25) is 4.79 Å². The number of carbonyl (C=O) groups excluding carboxylic acids is 1. The molecule has 0 radical (unpaired) electrons. The minimum Gasteiger partial charge on any atom is -0.497 e. The first kappa shape index (κ1) is 22.0. The Hall–Kier alpha value is -3.19. The Bertz CT molecular complexity index is 1010. The molecule has 4 rings (SSSR count). The van der Waals surface area contributed by atoms with Gasteiger partial charge in [-0.05, 0) is 28.8 Å².